The number of carbonyl (C=O) groups excluding carboxylic acids is 1. The molecule has 21 heavy (non-hydrogen) atoms. The van der Waals surface area contributed by atoms with Crippen LogP contribution in [0.3, 0.4) is 0 Å². The van der Waals surface area contributed by atoms with Crippen LogP contribution >= 0.6 is 0 Å². The minimum Gasteiger partial charge on any atom is -0.481 e. The first-order valence-corrected chi connectivity index (χ1v) is 6.15. The second-order valence-electron chi connectivity index (χ2n) is 4.36. The van der Waals surface area contributed by atoms with Crippen LogP contribution in [0.5, 0.6) is 5.75 Å². The van der Waals surface area contributed by atoms with Crippen molar-refractivity contribution in [3.63, 3.8) is 0 Å². The maximum absolute atomic E-state index is 13.6. The number of hydrogen-bond donors (Lipinski definition) is 0. The molecule has 2 rings (SSSR count). The fourth-order valence-electron chi connectivity index (χ4n) is 1.87. The zero-order chi connectivity index (χ0) is 15.4. The third-order valence-electron chi connectivity index (χ3n) is 2.87. The quantitative estimate of drug-likeness (QED) is 0.480. The number of ether oxygens (including phenoxy) is 1. The molecule has 6 heteroatoms. The summed E-state index contributed by atoms with van der Waals surface area (Å²) in [6.07, 6.45) is 0. The Morgan fingerprint density at radius 1 is 1.24 bits per heavy atom. The summed E-state index contributed by atoms with van der Waals surface area (Å²) >= 11 is 0. The molecule has 2 aromatic carbocycles. The molecule has 0 saturated heterocycles. The molecule has 108 valence electrons. The number of nitro benzene ring substituents is 1. The Labute approximate surface area is 120 Å². The summed E-state index contributed by atoms with van der Waals surface area (Å²) in [5.41, 5.74) is -0.0803. The number of benzene rings is 2. The van der Waals surface area contributed by atoms with Gasteiger partial charge in [-0.25, -0.2) is 0 Å². The monoisotopic (exact) mass is 289 g/mol. The van der Waals surface area contributed by atoms with Crippen molar-refractivity contribution < 1.29 is 18.8 Å². The fraction of sp³-hybridized carbons (Fsp3) is 0.133. The van der Waals surface area contributed by atoms with Crippen LogP contribution in [0.2, 0.25) is 0 Å². The van der Waals surface area contributed by atoms with Gasteiger partial charge in [-0.3, -0.25) is 14.9 Å². The van der Waals surface area contributed by atoms with E-state index in [-0.39, 0.29) is 17.9 Å². The molecule has 0 amide bonds. The molecule has 0 aliphatic rings. The number of halogens is 1. The highest BCUT2D eigenvalue weighted by atomic mass is 19.1. The Morgan fingerprint density at radius 2 is 1.90 bits per heavy atom. The Kier molecular flexibility index (Phi) is 4.27. The zero-order valence-corrected chi connectivity index (χ0v) is 11.2. The van der Waals surface area contributed by atoms with E-state index in [2.05, 4.69) is 0 Å². The lowest BCUT2D eigenvalue weighted by atomic mass is 10.1. The molecule has 0 aliphatic carbocycles. The van der Waals surface area contributed by atoms with Gasteiger partial charge in [0.1, 0.15) is 6.61 Å². The van der Waals surface area contributed by atoms with E-state index in [9.17, 15) is 19.3 Å². The topological polar surface area (TPSA) is 69.4 Å². The molecule has 0 heterocycles. The molecule has 0 aliphatic heterocycles. The maximum Gasteiger partial charge on any atom is 0.346 e. The summed E-state index contributed by atoms with van der Waals surface area (Å²) < 4.78 is 19.0. The van der Waals surface area contributed by atoms with Gasteiger partial charge in [0.2, 0.25) is 11.6 Å². The Morgan fingerprint density at radius 3 is 2.48 bits per heavy atom. The van der Waals surface area contributed by atoms with E-state index < -0.39 is 22.2 Å². The van der Waals surface area contributed by atoms with Crippen molar-refractivity contribution in [2.75, 3.05) is 0 Å². The zero-order valence-electron chi connectivity index (χ0n) is 11.2. The predicted octanol–water partition coefficient (Wildman–Crippen LogP) is 3.52. The highest BCUT2D eigenvalue weighted by Gasteiger charge is 2.27. The van der Waals surface area contributed by atoms with Crippen molar-refractivity contribution in [1.29, 1.82) is 0 Å². The van der Waals surface area contributed by atoms with Gasteiger partial charge in [0.25, 0.3) is 0 Å². The fourth-order valence-corrected chi connectivity index (χ4v) is 1.87. The van der Waals surface area contributed by atoms with Crippen LogP contribution < -0.4 is 4.74 Å². The van der Waals surface area contributed by atoms with Crippen LogP contribution in [0.1, 0.15) is 22.8 Å². The third-order valence-corrected chi connectivity index (χ3v) is 2.87. The summed E-state index contributed by atoms with van der Waals surface area (Å²) in [5, 5.41) is 11.0. The van der Waals surface area contributed by atoms with Crippen molar-refractivity contribution in [3.8, 4) is 5.75 Å². The first kappa shape index (κ1) is 14.6. The number of rotatable bonds is 5. The van der Waals surface area contributed by atoms with Gasteiger partial charge in [-0.15, -0.1) is 0 Å². The van der Waals surface area contributed by atoms with Gasteiger partial charge < -0.3 is 4.74 Å². The van der Waals surface area contributed by atoms with Crippen LogP contribution in [0.4, 0.5) is 10.1 Å². The lowest BCUT2D eigenvalue weighted by Crippen LogP contribution is -2.06. The van der Waals surface area contributed by atoms with Gasteiger partial charge in [-0.05, 0) is 24.6 Å². The first-order valence-electron chi connectivity index (χ1n) is 6.15. The lowest BCUT2D eigenvalue weighted by molar-refractivity contribution is -0.388. The average molecular weight is 289 g/mol. The average Bonchev–Trinajstić information content (AvgIpc) is 2.45. The highest BCUT2D eigenvalue weighted by Crippen LogP contribution is 2.34. The van der Waals surface area contributed by atoms with Crippen molar-refractivity contribution in [2.24, 2.45) is 0 Å². The normalized spacial score (nSPS) is 10.2. The van der Waals surface area contributed by atoms with E-state index >= 15 is 0 Å². The Bertz CT molecular complexity index is 686. The number of nitro groups is 1. The molecule has 0 atom stereocenters. The molecule has 0 spiro atoms. The summed E-state index contributed by atoms with van der Waals surface area (Å²) in [6, 6.07) is 11.0. The van der Waals surface area contributed by atoms with Crippen LogP contribution in [0, 0.1) is 15.9 Å². The minimum absolute atomic E-state index is 0.00537. The van der Waals surface area contributed by atoms with Gasteiger partial charge >= 0.3 is 5.69 Å². The number of carbonyl (C=O) groups is 1. The van der Waals surface area contributed by atoms with E-state index in [1.807, 2.05) is 6.07 Å². The van der Waals surface area contributed by atoms with Crippen molar-refractivity contribution in [1.82, 2.24) is 0 Å². The highest BCUT2D eigenvalue weighted by molar-refractivity contribution is 5.98. The summed E-state index contributed by atoms with van der Waals surface area (Å²) in [4.78, 5) is 21.7. The molecule has 0 saturated carbocycles. The van der Waals surface area contributed by atoms with Crippen LogP contribution in [0.25, 0.3) is 0 Å². The largest absolute Gasteiger partial charge is 0.481 e. The first-order chi connectivity index (χ1) is 10.0. The lowest BCUT2D eigenvalue weighted by Gasteiger charge is -2.10. The number of hydrogen-bond acceptors (Lipinski definition) is 4. The second-order valence-corrected chi connectivity index (χ2v) is 4.36. The van der Waals surface area contributed by atoms with Gasteiger partial charge in [0.05, 0.1) is 10.5 Å². The standard InChI is InChI=1S/C15H12FNO4/c1-10(18)12-7-8-13(16)14(17(19)20)15(12)21-9-11-5-3-2-4-6-11/h2-8H,9H2,1H3. The molecule has 0 bridgehead atoms. The van der Waals surface area contributed by atoms with Gasteiger partial charge in [-0.2, -0.15) is 4.39 Å². The minimum atomic E-state index is -1.03. The number of ketones is 1. The van der Waals surface area contributed by atoms with Crippen LogP contribution in [0.15, 0.2) is 42.5 Å². The van der Waals surface area contributed by atoms with E-state index in [4.69, 9.17) is 4.74 Å². The van der Waals surface area contributed by atoms with Crippen LogP contribution in [-0.4, -0.2) is 10.7 Å². The van der Waals surface area contributed by atoms with Crippen molar-refractivity contribution in [2.45, 2.75) is 13.5 Å². The van der Waals surface area contributed by atoms with Gasteiger partial charge in [0, 0.05) is 0 Å². The summed E-state index contributed by atoms with van der Waals surface area (Å²) in [6.45, 7) is 1.25. The molecule has 0 unspecified atom stereocenters. The molecule has 5 nitrogen and oxygen atoms in total. The molecule has 0 aromatic heterocycles. The van der Waals surface area contributed by atoms with E-state index in [1.165, 1.54) is 13.0 Å². The Hall–Kier alpha value is -2.76. The SMILES string of the molecule is CC(=O)c1ccc(F)c([N+](=O)[O-])c1OCc1ccccc1. The summed E-state index contributed by atoms with van der Waals surface area (Å²) in [5.74, 6) is -1.80. The van der Waals surface area contributed by atoms with E-state index in [0.717, 1.165) is 11.6 Å². The van der Waals surface area contributed by atoms with Gasteiger partial charge in [0.15, 0.2) is 5.78 Å². The number of Topliss-reactive ketones (excluding diaryl/α,β-unsaturated/α-hetero) is 1. The van der Waals surface area contributed by atoms with E-state index in [1.54, 1.807) is 24.3 Å². The van der Waals surface area contributed by atoms with Crippen molar-refractivity contribution >= 4 is 11.5 Å². The molecule has 0 fully saturated rings. The Balaban J connectivity index is 2.42. The second kappa shape index (κ2) is 6.13. The van der Waals surface area contributed by atoms with Crippen LogP contribution in [-0.2, 0) is 6.61 Å². The maximum atomic E-state index is 13.6. The molecule has 0 N–H and O–H groups in total. The summed E-state index contributed by atoms with van der Waals surface area (Å²) in [7, 11) is 0. The molecule has 2 aromatic rings. The molecular formula is C15H12FNO4. The van der Waals surface area contributed by atoms with Crippen molar-refractivity contribution in [3.05, 3.63) is 69.5 Å². The molecule has 0 radical (unpaired) electrons. The van der Waals surface area contributed by atoms with Gasteiger partial charge in [-0.1, -0.05) is 30.3 Å². The molecular weight excluding hydrogens is 277 g/mol. The predicted molar refractivity (Wildman–Crippen MR) is 73.8 cm³/mol. The third kappa shape index (κ3) is 3.22. The smallest absolute Gasteiger partial charge is 0.346 e. The number of nitrogens with zero attached hydrogens (tertiary/aromatic N) is 1. The van der Waals surface area contributed by atoms with E-state index in [0.29, 0.717) is 0 Å².